The van der Waals surface area contributed by atoms with Crippen LogP contribution < -0.4 is 19.5 Å². The Morgan fingerprint density at radius 3 is 2.79 bits per heavy atom. The van der Waals surface area contributed by atoms with Crippen LogP contribution in [0.15, 0.2) is 48.9 Å². The molecule has 2 aromatic heterocycles. The Morgan fingerprint density at radius 2 is 2.00 bits per heavy atom. The number of piperidine rings is 1. The molecule has 0 spiro atoms. The predicted molar refractivity (Wildman–Crippen MR) is 144 cm³/mol. The fourth-order valence-corrected chi connectivity index (χ4v) is 5.10. The maximum absolute atomic E-state index is 13.4. The van der Waals surface area contributed by atoms with E-state index in [0.29, 0.717) is 51.3 Å². The minimum Gasteiger partial charge on any atom is -0.493 e. The summed E-state index contributed by atoms with van der Waals surface area (Å²) in [6.45, 7) is 3.85. The van der Waals surface area contributed by atoms with Crippen molar-refractivity contribution in [1.82, 2.24) is 19.9 Å². The zero-order valence-corrected chi connectivity index (χ0v) is 21.9. The monoisotopic (exact) mass is 539 g/mol. The molecular weight excluding hydrogens is 509 g/mol. The highest BCUT2D eigenvalue weighted by Gasteiger charge is 2.18. The van der Waals surface area contributed by atoms with Crippen molar-refractivity contribution in [2.45, 2.75) is 19.3 Å². The van der Waals surface area contributed by atoms with Gasteiger partial charge in [0.05, 0.1) is 25.4 Å². The van der Waals surface area contributed by atoms with E-state index in [1.807, 2.05) is 12.1 Å². The van der Waals surface area contributed by atoms with Crippen LogP contribution in [0.4, 0.5) is 15.3 Å². The minimum atomic E-state index is -0.367. The maximum Gasteiger partial charge on any atom is 0.202 e. The van der Waals surface area contributed by atoms with Gasteiger partial charge in [-0.25, -0.2) is 19.3 Å². The lowest BCUT2D eigenvalue weighted by Gasteiger charge is -2.30. The summed E-state index contributed by atoms with van der Waals surface area (Å²) in [6, 6.07) is 9.66. The number of rotatable bonds is 11. The molecule has 0 unspecified atom stereocenters. The zero-order chi connectivity index (χ0) is 26.3. The molecule has 2 N–H and O–H groups in total. The lowest BCUT2D eigenvalue weighted by atomic mass is 9.98. The first-order valence-corrected chi connectivity index (χ1v) is 13.4. The van der Waals surface area contributed by atoms with Crippen molar-refractivity contribution in [3.63, 3.8) is 0 Å². The molecule has 0 radical (unpaired) electrons. The van der Waals surface area contributed by atoms with Crippen LogP contribution in [0.25, 0.3) is 10.9 Å². The van der Waals surface area contributed by atoms with Gasteiger partial charge in [-0.05, 0) is 56.5 Å². The molecule has 9 nitrogen and oxygen atoms in total. The van der Waals surface area contributed by atoms with Gasteiger partial charge in [-0.15, -0.1) is 0 Å². The zero-order valence-electron chi connectivity index (χ0n) is 21.1. The number of methoxy groups -OCH3 is 1. The normalized spacial score (nSPS) is 14.5. The Kier molecular flexibility index (Phi) is 8.47. The fourth-order valence-electron chi connectivity index (χ4n) is 4.41. The number of aliphatic hydroxyl groups is 1. The van der Waals surface area contributed by atoms with Crippen LogP contribution in [0.2, 0.25) is 0 Å². The van der Waals surface area contributed by atoms with E-state index < -0.39 is 0 Å². The van der Waals surface area contributed by atoms with E-state index in [4.69, 9.17) is 14.2 Å². The molecule has 3 heterocycles. The van der Waals surface area contributed by atoms with E-state index in [0.717, 1.165) is 44.3 Å². The summed E-state index contributed by atoms with van der Waals surface area (Å²) in [5.74, 6) is 2.26. The largest absolute Gasteiger partial charge is 0.493 e. The van der Waals surface area contributed by atoms with Crippen molar-refractivity contribution in [3.05, 3.63) is 54.7 Å². The highest BCUT2D eigenvalue weighted by Crippen LogP contribution is 2.37. The number of hydrogen-bond acceptors (Lipinski definition) is 10. The number of likely N-dealkylation sites (tertiary alicyclic amines) is 1. The number of benzene rings is 2. The summed E-state index contributed by atoms with van der Waals surface area (Å²) in [7, 11) is 1.60. The molecule has 4 aromatic rings. The molecule has 5 rings (SSSR count). The van der Waals surface area contributed by atoms with Crippen molar-refractivity contribution in [1.29, 1.82) is 0 Å². The van der Waals surface area contributed by atoms with Gasteiger partial charge in [0.25, 0.3) is 0 Å². The van der Waals surface area contributed by atoms with Gasteiger partial charge in [-0.1, -0.05) is 17.4 Å². The molecule has 1 aliphatic heterocycles. The Hall–Kier alpha value is -3.54. The number of fused-ring (bicyclic) bond motifs is 1. The topological polar surface area (TPSA) is 102 Å². The van der Waals surface area contributed by atoms with Gasteiger partial charge in [0.2, 0.25) is 5.06 Å². The van der Waals surface area contributed by atoms with Crippen LogP contribution in [0.1, 0.15) is 19.3 Å². The fraction of sp³-hybridized carbons (Fsp3) is 0.370. The van der Waals surface area contributed by atoms with Crippen molar-refractivity contribution >= 4 is 33.2 Å². The number of nitrogens with one attached hydrogen (secondary N) is 1. The Bertz CT molecular complexity index is 1360. The number of ether oxygens (including phenoxy) is 3. The standard InChI is InChI=1S/C27H30FN5O4S/c1-35-23-13-21-22(14-24(23)36-11-3-8-33-9-6-18(16-34)7-10-33)30-17-31-26(21)32-27-29-15-25(38-27)37-20-5-2-4-19(28)12-20/h2,4-5,12-15,17-18,34H,3,6-11,16H2,1H3,(H,29,30,31,32). The van der Waals surface area contributed by atoms with Gasteiger partial charge in [-0.2, -0.15) is 0 Å². The van der Waals surface area contributed by atoms with Crippen molar-refractivity contribution in [2.24, 2.45) is 5.92 Å². The van der Waals surface area contributed by atoms with Crippen LogP contribution in [0, 0.1) is 11.7 Å². The Balaban J connectivity index is 1.22. The summed E-state index contributed by atoms with van der Waals surface area (Å²) >= 11 is 1.28. The molecule has 2 aromatic carbocycles. The second kappa shape index (κ2) is 12.3. The van der Waals surface area contributed by atoms with Crippen LogP contribution in [0.5, 0.6) is 22.3 Å². The average molecular weight is 540 g/mol. The summed E-state index contributed by atoms with van der Waals surface area (Å²) in [4.78, 5) is 15.6. The number of anilines is 2. The number of aliphatic hydroxyl groups excluding tert-OH is 1. The number of hydrogen-bond donors (Lipinski definition) is 2. The molecule has 11 heteroatoms. The molecule has 0 atom stereocenters. The van der Waals surface area contributed by atoms with Crippen LogP contribution in [-0.4, -0.2) is 64.9 Å². The second-order valence-corrected chi connectivity index (χ2v) is 10.1. The van der Waals surface area contributed by atoms with E-state index in [1.54, 1.807) is 25.4 Å². The lowest BCUT2D eigenvalue weighted by Crippen LogP contribution is -2.35. The Morgan fingerprint density at radius 1 is 1.13 bits per heavy atom. The SMILES string of the molecule is COc1cc2c(Nc3ncc(Oc4cccc(F)c4)s3)ncnc2cc1OCCCN1CCC(CO)CC1. The van der Waals surface area contributed by atoms with E-state index in [-0.39, 0.29) is 12.4 Å². The molecule has 0 aliphatic carbocycles. The van der Waals surface area contributed by atoms with Gasteiger partial charge in [-0.3, -0.25) is 0 Å². The smallest absolute Gasteiger partial charge is 0.202 e. The summed E-state index contributed by atoms with van der Waals surface area (Å²) < 4.78 is 30.8. The van der Waals surface area contributed by atoms with Crippen molar-refractivity contribution in [2.75, 3.05) is 45.3 Å². The molecule has 38 heavy (non-hydrogen) atoms. The minimum absolute atomic E-state index is 0.287. The molecule has 0 saturated carbocycles. The van der Waals surface area contributed by atoms with Crippen molar-refractivity contribution < 1.29 is 23.7 Å². The summed E-state index contributed by atoms with van der Waals surface area (Å²) in [6.07, 6.45) is 6.05. The third kappa shape index (κ3) is 6.47. The molecule has 1 aliphatic rings. The van der Waals surface area contributed by atoms with Gasteiger partial charge < -0.3 is 29.5 Å². The van der Waals surface area contributed by atoms with E-state index >= 15 is 0 Å². The van der Waals surface area contributed by atoms with Gasteiger partial charge in [0, 0.05) is 30.7 Å². The lowest BCUT2D eigenvalue weighted by molar-refractivity contribution is 0.126. The van der Waals surface area contributed by atoms with Crippen molar-refractivity contribution in [3.8, 4) is 22.3 Å². The molecule has 1 saturated heterocycles. The summed E-state index contributed by atoms with van der Waals surface area (Å²) in [5.41, 5.74) is 0.706. The Labute approximate surface area is 224 Å². The highest BCUT2D eigenvalue weighted by atomic mass is 32.1. The van der Waals surface area contributed by atoms with Gasteiger partial charge in [0.1, 0.15) is 23.7 Å². The van der Waals surface area contributed by atoms with Crippen LogP contribution in [-0.2, 0) is 0 Å². The molecule has 0 bridgehead atoms. The summed E-state index contributed by atoms with van der Waals surface area (Å²) in [5, 5.41) is 14.4. The highest BCUT2D eigenvalue weighted by molar-refractivity contribution is 7.17. The molecule has 1 fully saturated rings. The molecular formula is C27H30FN5O4S. The molecule has 200 valence electrons. The average Bonchev–Trinajstić information content (AvgIpc) is 3.37. The van der Waals surface area contributed by atoms with E-state index in [9.17, 15) is 9.50 Å². The first kappa shape index (κ1) is 26.1. The van der Waals surface area contributed by atoms with Crippen LogP contribution >= 0.6 is 11.3 Å². The van der Waals surface area contributed by atoms with Crippen LogP contribution in [0.3, 0.4) is 0 Å². The van der Waals surface area contributed by atoms with Gasteiger partial charge in [0.15, 0.2) is 16.6 Å². The number of nitrogens with zero attached hydrogens (tertiary/aromatic N) is 4. The number of halogens is 1. The first-order valence-electron chi connectivity index (χ1n) is 12.6. The number of aromatic nitrogens is 3. The van der Waals surface area contributed by atoms with E-state index in [2.05, 4.69) is 25.2 Å². The van der Waals surface area contributed by atoms with E-state index in [1.165, 1.54) is 29.8 Å². The third-order valence-electron chi connectivity index (χ3n) is 6.49. The molecule has 0 amide bonds. The third-order valence-corrected chi connectivity index (χ3v) is 7.28. The predicted octanol–water partition coefficient (Wildman–Crippen LogP) is 5.24. The maximum atomic E-state index is 13.4. The van der Waals surface area contributed by atoms with Gasteiger partial charge >= 0.3 is 0 Å². The number of thiazole rings is 1. The quantitative estimate of drug-likeness (QED) is 0.248. The second-order valence-electron chi connectivity index (χ2n) is 9.08. The first-order chi connectivity index (χ1) is 18.6.